The molecule has 6 nitrogen and oxygen atoms in total. The zero-order valence-electron chi connectivity index (χ0n) is 12.0. The highest BCUT2D eigenvalue weighted by Crippen LogP contribution is 2.27. The molecule has 116 valence electrons. The second-order valence-electron chi connectivity index (χ2n) is 4.48. The number of nitrogens with two attached hydrogens (primary N) is 1. The number of hydrogen-bond acceptors (Lipinski definition) is 5. The van der Waals surface area contributed by atoms with E-state index >= 15 is 0 Å². The van der Waals surface area contributed by atoms with Crippen molar-refractivity contribution in [3.8, 4) is 11.4 Å². The first-order valence-electron chi connectivity index (χ1n) is 6.54. The summed E-state index contributed by atoms with van der Waals surface area (Å²) in [5, 5.41) is 8.71. The van der Waals surface area contributed by atoms with E-state index in [9.17, 15) is 4.79 Å². The van der Waals surface area contributed by atoms with E-state index < -0.39 is 0 Å². The van der Waals surface area contributed by atoms with Crippen LogP contribution >= 0.6 is 27.7 Å². The second kappa shape index (κ2) is 7.57. The van der Waals surface area contributed by atoms with Gasteiger partial charge in [0.25, 0.3) is 0 Å². The summed E-state index contributed by atoms with van der Waals surface area (Å²) in [7, 11) is 0. The summed E-state index contributed by atoms with van der Waals surface area (Å²) in [5.41, 5.74) is 3.08. The number of halogens is 1. The predicted octanol–water partition coefficient (Wildman–Crippen LogP) is 2.36. The Morgan fingerprint density at radius 2 is 2.18 bits per heavy atom. The SMILES string of the molecule is C=CCn1c(SC(C)C(=O)NN)nnc1-c1ccc(Br)cc1. The van der Waals surface area contributed by atoms with E-state index in [1.807, 2.05) is 28.8 Å². The molecular weight excluding hydrogens is 366 g/mol. The minimum absolute atomic E-state index is 0.261. The summed E-state index contributed by atoms with van der Waals surface area (Å²) in [4.78, 5) is 11.6. The van der Waals surface area contributed by atoms with Gasteiger partial charge < -0.3 is 0 Å². The molecule has 0 saturated carbocycles. The van der Waals surface area contributed by atoms with E-state index in [0.29, 0.717) is 11.7 Å². The normalized spacial score (nSPS) is 12.0. The average molecular weight is 382 g/mol. The highest BCUT2D eigenvalue weighted by molar-refractivity contribution is 9.10. The van der Waals surface area contributed by atoms with Crippen molar-refractivity contribution in [2.24, 2.45) is 5.84 Å². The number of rotatable bonds is 6. The molecule has 0 saturated heterocycles. The number of nitrogens with zero attached hydrogens (tertiary/aromatic N) is 3. The Hall–Kier alpha value is -1.64. The number of allylic oxidation sites excluding steroid dienone is 1. The fourth-order valence-electron chi connectivity index (χ4n) is 1.81. The first kappa shape index (κ1) is 16.7. The van der Waals surface area contributed by atoms with Gasteiger partial charge in [0.05, 0.1) is 5.25 Å². The van der Waals surface area contributed by atoms with Crippen molar-refractivity contribution in [2.45, 2.75) is 23.9 Å². The third-order valence-corrected chi connectivity index (χ3v) is 4.53. The summed E-state index contributed by atoms with van der Waals surface area (Å²) < 4.78 is 2.91. The maximum absolute atomic E-state index is 11.6. The molecule has 1 aromatic carbocycles. The van der Waals surface area contributed by atoms with E-state index in [1.54, 1.807) is 13.0 Å². The Morgan fingerprint density at radius 1 is 1.50 bits per heavy atom. The number of amides is 1. The van der Waals surface area contributed by atoms with Gasteiger partial charge in [0.15, 0.2) is 11.0 Å². The van der Waals surface area contributed by atoms with Gasteiger partial charge in [0.2, 0.25) is 5.91 Å². The molecule has 1 heterocycles. The molecule has 1 unspecified atom stereocenters. The van der Waals surface area contributed by atoms with Gasteiger partial charge in [-0.15, -0.1) is 16.8 Å². The molecule has 0 spiro atoms. The van der Waals surface area contributed by atoms with Gasteiger partial charge in [-0.05, 0) is 19.1 Å². The van der Waals surface area contributed by atoms with E-state index in [-0.39, 0.29) is 11.2 Å². The third-order valence-electron chi connectivity index (χ3n) is 2.92. The number of hydrogen-bond donors (Lipinski definition) is 2. The second-order valence-corrected chi connectivity index (χ2v) is 6.70. The average Bonchev–Trinajstić information content (AvgIpc) is 2.90. The van der Waals surface area contributed by atoms with Gasteiger partial charge in [-0.25, -0.2) is 5.84 Å². The fraction of sp³-hybridized carbons (Fsp3) is 0.214. The molecule has 3 N–H and O–H groups in total. The number of benzene rings is 1. The number of aromatic nitrogens is 3. The molecule has 0 aliphatic heterocycles. The van der Waals surface area contributed by atoms with Crippen LogP contribution in [-0.2, 0) is 11.3 Å². The van der Waals surface area contributed by atoms with Crippen LogP contribution in [0.25, 0.3) is 11.4 Å². The summed E-state index contributed by atoms with van der Waals surface area (Å²) >= 11 is 4.71. The maximum atomic E-state index is 11.6. The highest BCUT2D eigenvalue weighted by Gasteiger charge is 2.19. The van der Waals surface area contributed by atoms with E-state index in [2.05, 4.69) is 38.1 Å². The van der Waals surface area contributed by atoms with Gasteiger partial charge in [-0.1, -0.05) is 45.9 Å². The lowest BCUT2D eigenvalue weighted by Gasteiger charge is -2.11. The molecule has 1 atom stereocenters. The lowest BCUT2D eigenvalue weighted by Crippen LogP contribution is -2.36. The summed E-state index contributed by atoms with van der Waals surface area (Å²) in [5.74, 6) is 5.63. The van der Waals surface area contributed by atoms with Crippen LogP contribution in [-0.4, -0.2) is 25.9 Å². The quantitative estimate of drug-likeness (QED) is 0.263. The van der Waals surface area contributed by atoms with Crippen LogP contribution in [0.15, 0.2) is 46.5 Å². The smallest absolute Gasteiger partial charge is 0.247 e. The topological polar surface area (TPSA) is 85.8 Å². The molecular formula is C14H16BrN5OS. The molecule has 0 radical (unpaired) electrons. The van der Waals surface area contributed by atoms with Crippen molar-refractivity contribution < 1.29 is 4.79 Å². The Bertz CT molecular complexity index is 670. The summed E-state index contributed by atoms with van der Waals surface area (Å²) in [6, 6.07) is 7.80. The lowest BCUT2D eigenvalue weighted by atomic mass is 10.2. The van der Waals surface area contributed by atoms with Crippen molar-refractivity contribution in [2.75, 3.05) is 0 Å². The minimum Gasteiger partial charge on any atom is -0.298 e. The number of carbonyl (C=O) groups is 1. The van der Waals surface area contributed by atoms with Crippen LogP contribution in [0.2, 0.25) is 0 Å². The monoisotopic (exact) mass is 381 g/mol. The van der Waals surface area contributed by atoms with Crippen molar-refractivity contribution >= 4 is 33.6 Å². The van der Waals surface area contributed by atoms with Gasteiger partial charge in [-0.3, -0.25) is 14.8 Å². The zero-order valence-corrected chi connectivity index (χ0v) is 14.4. The van der Waals surface area contributed by atoms with Crippen molar-refractivity contribution in [1.82, 2.24) is 20.2 Å². The number of thioether (sulfide) groups is 1. The van der Waals surface area contributed by atoms with Gasteiger partial charge in [-0.2, -0.15) is 0 Å². The zero-order chi connectivity index (χ0) is 16.1. The van der Waals surface area contributed by atoms with Gasteiger partial charge in [0, 0.05) is 16.6 Å². The third kappa shape index (κ3) is 3.76. The van der Waals surface area contributed by atoms with E-state index in [1.165, 1.54) is 11.8 Å². The Labute approximate surface area is 141 Å². The predicted molar refractivity (Wildman–Crippen MR) is 91.0 cm³/mol. The van der Waals surface area contributed by atoms with Gasteiger partial charge in [0.1, 0.15) is 0 Å². The van der Waals surface area contributed by atoms with Crippen LogP contribution in [0.3, 0.4) is 0 Å². The molecule has 1 aromatic heterocycles. The molecule has 8 heteroatoms. The molecule has 2 rings (SSSR count). The molecule has 0 aliphatic carbocycles. The largest absolute Gasteiger partial charge is 0.298 e. The fourth-order valence-corrected chi connectivity index (χ4v) is 2.94. The van der Waals surface area contributed by atoms with Crippen LogP contribution < -0.4 is 11.3 Å². The van der Waals surface area contributed by atoms with E-state index in [4.69, 9.17) is 5.84 Å². The molecule has 0 fully saturated rings. The number of carbonyl (C=O) groups excluding carboxylic acids is 1. The summed E-state index contributed by atoms with van der Waals surface area (Å²) in [6.45, 7) is 6.08. The van der Waals surface area contributed by atoms with Crippen LogP contribution in [0.5, 0.6) is 0 Å². The first-order chi connectivity index (χ1) is 10.6. The lowest BCUT2D eigenvalue weighted by molar-refractivity contribution is -0.120. The van der Waals surface area contributed by atoms with E-state index in [0.717, 1.165) is 15.9 Å². The van der Waals surface area contributed by atoms with Gasteiger partial charge >= 0.3 is 0 Å². The summed E-state index contributed by atoms with van der Waals surface area (Å²) in [6.07, 6.45) is 1.77. The minimum atomic E-state index is -0.365. The molecule has 22 heavy (non-hydrogen) atoms. The highest BCUT2D eigenvalue weighted by atomic mass is 79.9. The van der Waals surface area contributed by atoms with Crippen LogP contribution in [0.1, 0.15) is 6.92 Å². The Kier molecular flexibility index (Phi) is 5.76. The molecule has 0 aliphatic rings. The van der Waals surface area contributed by atoms with Crippen molar-refractivity contribution in [3.05, 3.63) is 41.4 Å². The Morgan fingerprint density at radius 3 is 2.77 bits per heavy atom. The Balaban J connectivity index is 2.34. The van der Waals surface area contributed by atoms with Crippen LogP contribution in [0.4, 0.5) is 0 Å². The van der Waals surface area contributed by atoms with Crippen LogP contribution in [0, 0.1) is 0 Å². The number of hydrazine groups is 1. The van der Waals surface area contributed by atoms with Crippen molar-refractivity contribution in [3.63, 3.8) is 0 Å². The molecule has 1 amide bonds. The molecule has 2 aromatic rings. The standard InChI is InChI=1S/C14H16BrN5OS/c1-3-8-20-12(10-4-6-11(15)7-5-10)18-19-14(20)22-9(2)13(21)17-16/h3-7,9H,1,8,16H2,2H3,(H,17,21). The molecule has 0 bridgehead atoms. The van der Waals surface area contributed by atoms with Crippen molar-refractivity contribution in [1.29, 1.82) is 0 Å². The first-order valence-corrected chi connectivity index (χ1v) is 8.21. The number of nitrogens with one attached hydrogen (secondary N) is 1. The maximum Gasteiger partial charge on any atom is 0.247 e.